The molecule has 0 aliphatic carbocycles. The number of hydrogen-bond acceptors (Lipinski definition) is 2. The van der Waals surface area contributed by atoms with Gasteiger partial charge in [0, 0.05) is 6.08 Å². The SMILES string of the molecule is C=CC(=O)OCCCCCCCCCCCCCCCCCCCC[Si]C(F)F. The normalized spacial score (nSPS) is 11.1. The molecule has 5 heteroatoms. The summed E-state index contributed by atoms with van der Waals surface area (Å²) in [7, 11) is -0.151. The van der Waals surface area contributed by atoms with Gasteiger partial charge < -0.3 is 4.74 Å². The molecule has 0 N–H and O–H groups in total. The van der Waals surface area contributed by atoms with E-state index in [0.717, 1.165) is 25.7 Å². The summed E-state index contributed by atoms with van der Waals surface area (Å²) in [6.07, 6.45) is 24.0. The number of unbranched alkanes of at least 4 members (excludes halogenated alkanes) is 17. The second-order valence-electron chi connectivity index (χ2n) is 7.99. The third-order valence-corrected chi connectivity index (χ3v) is 6.23. The molecule has 0 spiro atoms. The molecule has 0 aromatic heterocycles. The first-order chi connectivity index (χ1) is 14.2. The molecule has 0 bridgehead atoms. The first-order valence-corrected chi connectivity index (χ1v) is 13.3. The van der Waals surface area contributed by atoms with Gasteiger partial charge in [0.25, 0.3) is 0 Å². The second-order valence-corrected chi connectivity index (χ2v) is 9.34. The maximum atomic E-state index is 12.0. The quantitative estimate of drug-likeness (QED) is 0.0708. The van der Waals surface area contributed by atoms with Crippen molar-refractivity contribution in [1.82, 2.24) is 0 Å². The average molecular weight is 431 g/mol. The summed E-state index contributed by atoms with van der Waals surface area (Å²) in [6.45, 7) is 3.90. The molecule has 29 heavy (non-hydrogen) atoms. The van der Waals surface area contributed by atoms with Crippen molar-refractivity contribution >= 4 is 15.5 Å². The lowest BCUT2D eigenvalue weighted by molar-refractivity contribution is -0.137. The third kappa shape index (κ3) is 25.3. The topological polar surface area (TPSA) is 26.3 Å². The van der Waals surface area contributed by atoms with Crippen LogP contribution in [0, 0.1) is 0 Å². The van der Waals surface area contributed by atoms with Crippen LogP contribution in [0.5, 0.6) is 0 Å². The highest BCUT2D eigenvalue weighted by Crippen LogP contribution is 2.14. The van der Waals surface area contributed by atoms with Crippen LogP contribution in [-0.2, 0) is 9.53 Å². The zero-order valence-electron chi connectivity index (χ0n) is 18.6. The van der Waals surface area contributed by atoms with Gasteiger partial charge in [0.05, 0.1) is 6.61 Å². The summed E-state index contributed by atoms with van der Waals surface area (Å²) in [5.74, 6) is -0.317. The van der Waals surface area contributed by atoms with E-state index in [-0.39, 0.29) is 15.5 Å². The Bertz CT molecular complexity index is 365. The molecule has 0 aromatic carbocycles. The van der Waals surface area contributed by atoms with E-state index in [4.69, 9.17) is 4.74 Å². The Morgan fingerprint density at radius 3 is 1.38 bits per heavy atom. The Morgan fingerprint density at radius 2 is 1.03 bits per heavy atom. The monoisotopic (exact) mass is 430 g/mol. The fourth-order valence-corrected chi connectivity index (χ4v) is 4.17. The van der Waals surface area contributed by atoms with E-state index in [1.54, 1.807) is 0 Å². The molecule has 0 aliphatic rings. The molecule has 0 unspecified atom stereocenters. The van der Waals surface area contributed by atoms with Crippen molar-refractivity contribution < 1.29 is 18.3 Å². The van der Waals surface area contributed by atoms with Gasteiger partial charge in [-0.05, 0) is 6.42 Å². The van der Waals surface area contributed by atoms with Gasteiger partial charge in [-0.3, -0.25) is 0 Å². The van der Waals surface area contributed by atoms with E-state index >= 15 is 0 Å². The van der Waals surface area contributed by atoms with Crippen molar-refractivity contribution in [3.63, 3.8) is 0 Å². The Kier molecular flexibility index (Phi) is 23.0. The van der Waals surface area contributed by atoms with Gasteiger partial charge in [0.15, 0.2) is 0 Å². The van der Waals surface area contributed by atoms with E-state index in [0.29, 0.717) is 12.7 Å². The largest absolute Gasteiger partial charge is 0.463 e. The molecule has 2 radical (unpaired) electrons. The van der Waals surface area contributed by atoms with Crippen LogP contribution < -0.4 is 0 Å². The molecule has 0 heterocycles. The fourth-order valence-electron chi connectivity index (χ4n) is 3.50. The van der Waals surface area contributed by atoms with Crippen molar-refractivity contribution in [2.45, 2.75) is 128 Å². The minimum absolute atomic E-state index is 0.151. The van der Waals surface area contributed by atoms with E-state index in [2.05, 4.69) is 6.58 Å². The van der Waals surface area contributed by atoms with Crippen LogP contribution in [0.1, 0.15) is 116 Å². The summed E-state index contributed by atoms with van der Waals surface area (Å²) >= 11 is 0. The standard InChI is InChI=1S/C24H44F2O2Si/c1-2-23(27)28-21-19-17-15-13-11-9-7-5-3-4-6-8-10-12-14-16-18-20-22-29-24(25)26/h2,24H,1,3-22H2. The number of carbonyl (C=O) groups excluding carboxylic acids is 1. The first kappa shape index (κ1) is 28.3. The van der Waals surface area contributed by atoms with Crippen LogP contribution in [0.4, 0.5) is 8.78 Å². The van der Waals surface area contributed by atoms with Crippen LogP contribution in [0.15, 0.2) is 12.7 Å². The summed E-state index contributed by atoms with van der Waals surface area (Å²) in [5.41, 5.74) is 0. The Morgan fingerprint density at radius 1 is 0.690 bits per heavy atom. The average Bonchev–Trinajstić information content (AvgIpc) is 2.71. The first-order valence-electron chi connectivity index (χ1n) is 12.0. The molecule has 0 aromatic rings. The maximum absolute atomic E-state index is 12.0. The minimum Gasteiger partial charge on any atom is -0.463 e. The summed E-state index contributed by atoms with van der Waals surface area (Å²) in [4.78, 5) is 10.9. The molecule has 0 amide bonds. The van der Waals surface area contributed by atoms with Gasteiger partial charge in [-0.2, -0.15) is 0 Å². The van der Waals surface area contributed by atoms with Gasteiger partial charge in [-0.1, -0.05) is 122 Å². The lowest BCUT2D eigenvalue weighted by Crippen LogP contribution is -2.02. The van der Waals surface area contributed by atoms with E-state index in [9.17, 15) is 13.6 Å². The summed E-state index contributed by atoms with van der Waals surface area (Å²) in [6, 6.07) is -1.37. The number of hydrogen-bond donors (Lipinski definition) is 0. The van der Waals surface area contributed by atoms with E-state index in [1.807, 2.05) is 0 Å². The van der Waals surface area contributed by atoms with Gasteiger partial charge in [-0.15, -0.1) is 0 Å². The summed E-state index contributed by atoms with van der Waals surface area (Å²) in [5, 5.41) is 0. The second kappa shape index (κ2) is 23.6. The van der Waals surface area contributed by atoms with E-state index in [1.165, 1.54) is 96.0 Å². The Labute approximate surface area is 181 Å². The van der Waals surface area contributed by atoms with E-state index < -0.39 is 6.05 Å². The third-order valence-electron chi connectivity index (χ3n) is 5.28. The predicted molar refractivity (Wildman–Crippen MR) is 121 cm³/mol. The van der Waals surface area contributed by atoms with Gasteiger partial charge >= 0.3 is 5.97 Å². The molecule has 0 rings (SSSR count). The molecule has 0 fully saturated rings. The van der Waals surface area contributed by atoms with Crippen LogP contribution in [0.2, 0.25) is 6.04 Å². The lowest BCUT2D eigenvalue weighted by atomic mass is 10.0. The molecular formula is C24H44F2O2Si. The molecule has 0 aliphatic heterocycles. The van der Waals surface area contributed by atoms with Gasteiger partial charge in [0.1, 0.15) is 9.52 Å². The number of ether oxygens (including phenoxy) is 1. The van der Waals surface area contributed by atoms with Gasteiger partial charge in [0.2, 0.25) is 6.05 Å². The fraction of sp³-hybridized carbons (Fsp3) is 0.875. The zero-order chi connectivity index (χ0) is 21.4. The van der Waals surface area contributed by atoms with Crippen LogP contribution in [0.3, 0.4) is 0 Å². The van der Waals surface area contributed by atoms with Crippen molar-refractivity contribution in [2.24, 2.45) is 0 Å². The van der Waals surface area contributed by atoms with Crippen molar-refractivity contribution in [1.29, 1.82) is 0 Å². The number of esters is 1. The molecule has 0 atom stereocenters. The number of halogens is 2. The van der Waals surface area contributed by atoms with Crippen molar-refractivity contribution in [2.75, 3.05) is 6.61 Å². The van der Waals surface area contributed by atoms with Crippen molar-refractivity contribution in [3.8, 4) is 0 Å². The molecule has 0 saturated heterocycles. The highest BCUT2D eigenvalue weighted by molar-refractivity contribution is 6.36. The maximum Gasteiger partial charge on any atom is 0.330 e. The van der Waals surface area contributed by atoms with Crippen LogP contribution in [-0.4, -0.2) is 28.1 Å². The highest BCUT2D eigenvalue weighted by atomic mass is 28.2. The molecule has 0 saturated carbocycles. The predicted octanol–water partition coefficient (Wildman–Crippen LogP) is 8.08. The Balaban J connectivity index is 3.03. The Hall–Kier alpha value is -0.713. The lowest BCUT2D eigenvalue weighted by Gasteiger charge is -2.04. The molecular weight excluding hydrogens is 386 g/mol. The highest BCUT2D eigenvalue weighted by Gasteiger charge is 2.02. The minimum atomic E-state index is -2.09. The van der Waals surface area contributed by atoms with Crippen LogP contribution in [0.25, 0.3) is 0 Å². The molecule has 170 valence electrons. The van der Waals surface area contributed by atoms with Crippen LogP contribution >= 0.6 is 0 Å². The number of alkyl halides is 2. The zero-order valence-corrected chi connectivity index (χ0v) is 19.6. The number of carbonyl (C=O) groups is 1. The summed E-state index contributed by atoms with van der Waals surface area (Å²) < 4.78 is 29.0. The molecule has 2 nitrogen and oxygen atoms in total. The number of rotatable bonds is 23. The van der Waals surface area contributed by atoms with Gasteiger partial charge in [-0.25, -0.2) is 13.6 Å². The van der Waals surface area contributed by atoms with Crippen molar-refractivity contribution in [3.05, 3.63) is 12.7 Å². The smallest absolute Gasteiger partial charge is 0.330 e.